The van der Waals surface area contributed by atoms with Crippen LogP contribution < -0.4 is 16.0 Å². The molecule has 2 aliphatic rings. The molecule has 2 rings (SSSR count). The minimum atomic E-state index is 0. The maximum atomic E-state index is 11.7. The van der Waals surface area contributed by atoms with Gasteiger partial charge in [-0.15, -0.1) is 12.4 Å². The van der Waals surface area contributed by atoms with E-state index in [4.69, 9.17) is 0 Å². The van der Waals surface area contributed by atoms with Crippen LogP contribution in [0.1, 0.15) is 38.5 Å². The number of hydrogen-bond acceptors (Lipinski definition) is 3. The first-order valence-corrected chi connectivity index (χ1v) is 7.03. The van der Waals surface area contributed by atoms with Gasteiger partial charge in [-0.25, -0.2) is 0 Å². The normalized spacial score (nSPS) is 20.0. The van der Waals surface area contributed by atoms with Gasteiger partial charge < -0.3 is 16.0 Å². The van der Waals surface area contributed by atoms with Crippen molar-refractivity contribution in [2.24, 2.45) is 5.92 Å². The second-order valence-corrected chi connectivity index (χ2v) is 5.30. The molecule has 0 unspecified atom stereocenters. The van der Waals surface area contributed by atoms with Gasteiger partial charge in [-0.1, -0.05) is 19.3 Å². The molecule has 0 bridgehead atoms. The minimum Gasteiger partial charge on any atom is -0.355 e. The van der Waals surface area contributed by atoms with Crippen LogP contribution in [0.3, 0.4) is 0 Å². The first-order valence-electron chi connectivity index (χ1n) is 7.03. The predicted octanol–water partition coefficient (Wildman–Crippen LogP) is 0.583. The molecule has 0 aromatic carbocycles. The summed E-state index contributed by atoms with van der Waals surface area (Å²) in [6, 6.07) is 0.359. The Morgan fingerprint density at radius 3 is 2.37 bits per heavy atom. The van der Waals surface area contributed by atoms with E-state index in [1.807, 2.05) is 0 Å². The van der Waals surface area contributed by atoms with E-state index in [9.17, 15) is 9.59 Å². The molecule has 1 aliphatic heterocycles. The van der Waals surface area contributed by atoms with Crippen molar-refractivity contribution < 1.29 is 9.59 Å². The SMILES string of the molecule is Cl.O=C(CCNC(=O)C1CNC1)NC1CCCCC1. The third kappa shape index (κ3) is 5.37. The van der Waals surface area contributed by atoms with Crippen LogP contribution in [0, 0.1) is 5.92 Å². The third-order valence-corrected chi connectivity index (χ3v) is 3.77. The van der Waals surface area contributed by atoms with Crippen LogP contribution in [-0.4, -0.2) is 37.5 Å². The van der Waals surface area contributed by atoms with Gasteiger partial charge in [0.05, 0.1) is 5.92 Å². The lowest BCUT2D eigenvalue weighted by Gasteiger charge is -2.26. The third-order valence-electron chi connectivity index (χ3n) is 3.77. The van der Waals surface area contributed by atoms with Crippen LogP contribution in [0.4, 0.5) is 0 Å². The number of hydrogen-bond donors (Lipinski definition) is 3. The number of nitrogens with one attached hydrogen (secondary N) is 3. The van der Waals surface area contributed by atoms with Crippen molar-refractivity contribution in [1.29, 1.82) is 0 Å². The van der Waals surface area contributed by atoms with Crippen LogP contribution in [0.2, 0.25) is 0 Å². The number of rotatable bonds is 5. The molecule has 6 heteroatoms. The molecule has 0 aromatic rings. The number of halogens is 1. The fraction of sp³-hybridized carbons (Fsp3) is 0.846. The second-order valence-electron chi connectivity index (χ2n) is 5.30. The van der Waals surface area contributed by atoms with Crippen LogP contribution in [0.15, 0.2) is 0 Å². The molecule has 3 N–H and O–H groups in total. The lowest BCUT2D eigenvalue weighted by atomic mass is 9.95. The molecule has 19 heavy (non-hydrogen) atoms. The molecule has 1 heterocycles. The average Bonchev–Trinajstić information content (AvgIpc) is 2.27. The zero-order valence-corrected chi connectivity index (χ0v) is 12.1. The molecule has 0 radical (unpaired) electrons. The summed E-state index contributed by atoms with van der Waals surface area (Å²) in [4.78, 5) is 23.2. The maximum Gasteiger partial charge on any atom is 0.225 e. The van der Waals surface area contributed by atoms with Crippen molar-refractivity contribution in [3.05, 3.63) is 0 Å². The van der Waals surface area contributed by atoms with E-state index in [0.29, 0.717) is 19.0 Å². The van der Waals surface area contributed by atoms with E-state index in [0.717, 1.165) is 25.9 Å². The Kier molecular flexibility index (Phi) is 7.16. The van der Waals surface area contributed by atoms with Crippen molar-refractivity contribution in [2.75, 3.05) is 19.6 Å². The molecule has 2 amide bonds. The molecule has 1 saturated carbocycles. The Bertz CT molecular complexity index is 302. The van der Waals surface area contributed by atoms with Crippen LogP contribution in [0.5, 0.6) is 0 Å². The largest absolute Gasteiger partial charge is 0.355 e. The summed E-state index contributed by atoms with van der Waals surface area (Å²) in [5.41, 5.74) is 0. The van der Waals surface area contributed by atoms with Crippen LogP contribution in [0.25, 0.3) is 0 Å². The van der Waals surface area contributed by atoms with Gasteiger partial charge in [0.1, 0.15) is 0 Å². The molecule has 110 valence electrons. The monoisotopic (exact) mass is 289 g/mol. The van der Waals surface area contributed by atoms with Gasteiger partial charge in [-0.3, -0.25) is 9.59 Å². The molecule has 1 saturated heterocycles. The molecular weight excluding hydrogens is 266 g/mol. The lowest BCUT2D eigenvalue weighted by Crippen LogP contribution is -2.51. The highest BCUT2D eigenvalue weighted by atomic mass is 35.5. The summed E-state index contributed by atoms with van der Waals surface area (Å²) in [5.74, 6) is 0.236. The Labute approximate surface area is 120 Å². The first-order chi connectivity index (χ1) is 8.75. The number of carbonyl (C=O) groups is 2. The predicted molar refractivity (Wildman–Crippen MR) is 76.3 cm³/mol. The van der Waals surface area contributed by atoms with E-state index in [1.165, 1.54) is 19.3 Å². The fourth-order valence-electron chi connectivity index (χ4n) is 2.46. The number of amides is 2. The smallest absolute Gasteiger partial charge is 0.225 e. The van der Waals surface area contributed by atoms with Gasteiger partial charge in [0.2, 0.25) is 11.8 Å². The van der Waals surface area contributed by atoms with Crippen molar-refractivity contribution in [3.63, 3.8) is 0 Å². The zero-order valence-electron chi connectivity index (χ0n) is 11.2. The maximum absolute atomic E-state index is 11.7. The van der Waals surface area contributed by atoms with Gasteiger partial charge >= 0.3 is 0 Å². The van der Waals surface area contributed by atoms with Crippen molar-refractivity contribution in [2.45, 2.75) is 44.6 Å². The Morgan fingerprint density at radius 1 is 1.11 bits per heavy atom. The fourth-order valence-corrected chi connectivity index (χ4v) is 2.46. The molecular formula is C13H24ClN3O2. The minimum absolute atomic E-state index is 0. The Morgan fingerprint density at radius 2 is 1.79 bits per heavy atom. The standard InChI is InChI=1S/C13H23N3O2.ClH/c17-12(16-11-4-2-1-3-5-11)6-7-15-13(18)10-8-14-9-10;/h10-11,14H,1-9H2,(H,15,18)(H,16,17);1H. The topological polar surface area (TPSA) is 70.2 Å². The second kappa shape index (κ2) is 8.38. The highest BCUT2D eigenvalue weighted by molar-refractivity contribution is 5.85. The van der Waals surface area contributed by atoms with Crippen molar-refractivity contribution in [3.8, 4) is 0 Å². The van der Waals surface area contributed by atoms with Gasteiger partial charge in [-0.05, 0) is 12.8 Å². The van der Waals surface area contributed by atoms with E-state index in [2.05, 4.69) is 16.0 Å². The Hall–Kier alpha value is -0.810. The molecule has 0 aromatic heterocycles. The van der Waals surface area contributed by atoms with Gasteiger partial charge in [-0.2, -0.15) is 0 Å². The highest BCUT2D eigenvalue weighted by Gasteiger charge is 2.24. The van der Waals surface area contributed by atoms with Gasteiger partial charge in [0.25, 0.3) is 0 Å². The molecule has 2 fully saturated rings. The Balaban J connectivity index is 0.00000180. The summed E-state index contributed by atoms with van der Waals surface area (Å²) in [6.07, 6.45) is 6.32. The van der Waals surface area contributed by atoms with Gasteiger partial charge in [0.15, 0.2) is 0 Å². The first kappa shape index (κ1) is 16.2. The van der Waals surface area contributed by atoms with Gasteiger partial charge in [0, 0.05) is 32.1 Å². The van der Waals surface area contributed by atoms with E-state index in [-0.39, 0.29) is 30.1 Å². The lowest BCUT2D eigenvalue weighted by molar-refractivity contribution is -0.126. The summed E-state index contributed by atoms with van der Waals surface area (Å²) >= 11 is 0. The average molecular weight is 290 g/mol. The summed E-state index contributed by atoms with van der Waals surface area (Å²) in [5, 5.41) is 8.92. The molecule has 0 spiro atoms. The van der Waals surface area contributed by atoms with Crippen molar-refractivity contribution in [1.82, 2.24) is 16.0 Å². The van der Waals surface area contributed by atoms with Crippen LogP contribution in [-0.2, 0) is 9.59 Å². The zero-order chi connectivity index (χ0) is 12.8. The molecule has 0 atom stereocenters. The van der Waals surface area contributed by atoms with E-state index in [1.54, 1.807) is 0 Å². The van der Waals surface area contributed by atoms with E-state index < -0.39 is 0 Å². The number of carbonyl (C=O) groups excluding carboxylic acids is 2. The highest BCUT2D eigenvalue weighted by Crippen LogP contribution is 2.17. The molecule has 5 nitrogen and oxygen atoms in total. The summed E-state index contributed by atoms with van der Waals surface area (Å²) in [6.45, 7) is 1.98. The van der Waals surface area contributed by atoms with Crippen molar-refractivity contribution >= 4 is 24.2 Å². The van der Waals surface area contributed by atoms with Crippen LogP contribution >= 0.6 is 12.4 Å². The van der Waals surface area contributed by atoms with E-state index >= 15 is 0 Å². The summed E-state index contributed by atoms with van der Waals surface area (Å²) in [7, 11) is 0. The molecule has 1 aliphatic carbocycles. The quantitative estimate of drug-likeness (QED) is 0.693. The summed E-state index contributed by atoms with van der Waals surface area (Å²) < 4.78 is 0.